The highest BCUT2D eigenvalue weighted by molar-refractivity contribution is 7.89. The summed E-state index contributed by atoms with van der Waals surface area (Å²) in [4.78, 5) is 11.9. The van der Waals surface area contributed by atoms with Gasteiger partial charge in [0, 0.05) is 17.2 Å². The fourth-order valence-electron chi connectivity index (χ4n) is 2.44. The number of ether oxygens (including phenoxy) is 1. The second kappa shape index (κ2) is 5.81. The average Bonchev–Trinajstić information content (AvgIpc) is 2.88. The summed E-state index contributed by atoms with van der Waals surface area (Å²) in [5.74, 6) is -2.38. The molecular weight excluding hydrogens is 340 g/mol. The smallest absolute Gasteiger partial charge is 0.339 e. The average molecular weight is 351 g/mol. The zero-order chi connectivity index (χ0) is 17.5. The fraction of sp³-hybridized carbons (Fsp3) is 0.0625. The lowest BCUT2D eigenvalue weighted by Gasteiger charge is -2.07. The quantitative estimate of drug-likeness (QED) is 0.858. The Labute approximate surface area is 136 Å². The Morgan fingerprint density at radius 1 is 1.04 bits per heavy atom. The normalized spacial score (nSPS) is 14.9. The Morgan fingerprint density at radius 2 is 1.71 bits per heavy atom. The van der Waals surface area contributed by atoms with Crippen LogP contribution in [0.25, 0.3) is 11.1 Å². The standard InChI is InChI=1S/C16H11F2NO4S/c17-10-3-6-12(14(18)7-10)15-13(8-23-16(15)20)9-1-4-11(5-2-9)24(19,21)22/h1-7H,8H2,(H2,19,21,22). The van der Waals surface area contributed by atoms with Gasteiger partial charge in [-0.3, -0.25) is 0 Å². The molecule has 2 aromatic rings. The summed E-state index contributed by atoms with van der Waals surface area (Å²) in [5.41, 5.74) is 0.763. The Balaban J connectivity index is 2.13. The Morgan fingerprint density at radius 3 is 2.29 bits per heavy atom. The zero-order valence-corrected chi connectivity index (χ0v) is 12.9. The molecule has 0 unspecified atom stereocenters. The van der Waals surface area contributed by atoms with E-state index in [4.69, 9.17) is 9.88 Å². The maximum absolute atomic E-state index is 14.0. The van der Waals surface area contributed by atoms with Crippen LogP contribution >= 0.6 is 0 Å². The number of cyclic esters (lactones) is 1. The lowest BCUT2D eigenvalue weighted by molar-refractivity contribution is -0.133. The Kier molecular flexibility index (Phi) is 3.94. The van der Waals surface area contributed by atoms with Crippen molar-refractivity contribution in [3.05, 3.63) is 65.2 Å². The number of hydrogen-bond donors (Lipinski definition) is 1. The van der Waals surface area contributed by atoms with Gasteiger partial charge in [0.1, 0.15) is 18.2 Å². The SMILES string of the molecule is NS(=O)(=O)c1ccc(C2=C(c3ccc(F)cc3F)C(=O)OC2)cc1. The van der Waals surface area contributed by atoms with Crippen LogP contribution in [0.5, 0.6) is 0 Å². The van der Waals surface area contributed by atoms with Gasteiger partial charge in [0.25, 0.3) is 0 Å². The van der Waals surface area contributed by atoms with E-state index in [0.29, 0.717) is 17.2 Å². The predicted molar refractivity (Wildman–Crippen MR) is 81.9 cm³/mol. The first kappa shape index (κ1) is 16.3. The number of carbonyl (C=O) groups excluding carboxylic acids is 1. The van der Waals surface area contributed by atoms with Gasteiger partial charge >= 0.3 is 5.97 Å². The van der Waals surface area contributed by atoms with E-state index < -0.39 is 27.6 Å². The van der Waals surface area contributed by atoms with Crippen LogP contribution in [0.4, 0.5) is 8.78 Å². The highest BCUT2D eigenvalue weighted by atomic mass is 32.2. The highest BCUT2D eigenvalue weighted by Gasteiger charge is 2.29. The third-order valence-corrected chi connectivity index (χ3v) is 4.51. The van der Waals surface area contributed by atoms with Crippen LogP contribution in [0, 0.1) is 11.6 Å². The van der Waals surface area contributed by atoms with Gasteiger partial charge in [0.2, 0.25) is 10.0 Å². The molecule has 0 amide bonds. The monoisotopic (exact) mass is 351 g/mol. The number of rotatable bonds is 3. The van der Waals surface area contributed by atoms with Crippen molar-refractivity contribution in [1.82, 2.24) is 0 Å². The van der Waals surface area contributed by atoms with E-state index in [9.17, 15) is 22.0 Å². The van der Waals surface area contributed by atoms with Crippen LogP contribution in [0.15, 0.2) is 47.4 Å². The topological polar surface area (TPSA) is 86.5 Å². The molecule has 24 heavy (non-hydrogen) atoms. The van der Waals surface area contributed by atoms with E-state index in [2.05, 4.69) is 0 Å². The molecule has 0 saturated heterocycles. The van der Waals surface area contributed by atoms with Crippen LogP contribution in [-0.2, 0) is 19.6 Å². The molecular formula is C16H11F2NO4S. The number of hydrogen-bond acceptors (Lipinski definition) is 4. The lowest BCUT2D eigenvalue weighted by Crippen LogP contribution is -2.11. The van der Waals surface area contributed by atoms with Gasteiger partial charge in [-0.25, -0.2) is 27.1 Å². The molecule has 8 heteroatoms. The Hall–Kier alpha value is -2.58. The first-order valence-electron chi connectivity index (χ1n) is 6.76. The van der Waals surface area contributed by atoms with Crippen LogP contribution < -0.4 is 5.14 Å². The van der Waals surface area contributed by atoms with Gasteiger partial charge in [-0.1, -0.05) is 12.1 Å². The second-order valence-corrected chi connectivity index (χ2v) is 6.68. The summed E-state index contributed by atoms with van der Waals surface area (Å²) in [6.07, 6.45) is 0. The van der Waals surface area contributed by atoms with Gasteiger partial charge in [-0.15, -0.1) is 0 Å². The van der Waals surface area contributed by atoms with Crippen molar-refractivity contribution in [3.63, 3.8) is 0 Å². The summed E-state index contributed by atoms with van der Waals surface area (Å²) in [6, 6.07) is 8.31. The molecule has 5 nitrogen and oxygen atoms in total. The first-order chi connectivity index (χ1) is 11.3. The molecule has 0 radical (unpaired) electrons. The molecule has 2 N–H and O–H groups in total. The van der Waals surface area contributed by atoms with Gasteiger partial charge in [-0.2, -0.15) is 0 Å². The summed E-state index contributed by atoms with van der Waals surface area (Å²) >= 11 is 0. The van der Waals surface area contributed by atoms with E-state index in [-0.39, 0.29) is 22.6 Å². The van der Waals surface area contributed by atoms with Gasteiger partial charge < -0.3 is 4.74 Å². The zero-order valence-electron chi connectivity index (χ0n) is 12.1. The molecule has 0 fully saturated rings. The molecule has 0 saturated carbocycles. The van der Waals surface area contributed by atoms with Crippen LogP contribution in [-0.4, -0.2) is 21.0 Å². The molecule has 124 valence electrons. The summed E-state index contributed by atoms with van der Waals surface area (Å²) in [7, 11) is -3.85. The minimum atomic E-state index is -3.85. The molecule has 1 aliphatic rings. The molecule has 0 atom stereocenters. The second-order valence-electron chi connectivity index (χ2n) is 5.12. The minimum absolute atomic E-state index is 0.0177. The fourth-order valence-corrected chi connectivity index (χ4v) is 2.96. The minimum Gasteiger partial charge on any atom is -0.457 e. The van der Waals surface area contributed by atoms with Crippen LogP contribution in [0.1, 0.15) is 11.1 Å². The highest BCUT2D eigenvalue weighted by Crippen LogP contribution is 2.34. The maximum Gasteiger partial charge on any atom is 0.339 e. The van der Waals surface area contributed by atoms with Gasteiger partial charge in [-0.05, 0) is 29.8 Å². The van der Waals surface area contributed by atoms with Crippen molar-refractivity contribution in [1.29, 1.82) is 0 Å². The van der Waals surface area contributed by atoms with Crippen molar-refractivity contribution in [2.24, 2.45) is 5.14 Å². The van der Waals surface area contributed by atoms with Crippen molar-refractivity contribution in [3.8, 4) is 0 Å². The number of halogens is 2. The molecule has 0 bridgehead atoms. The summed E-state index contributed by atoms with van der Waals surface area (Å²) in [5, 5.41) is 5.03. The first-order valence-corrected chi connectivity index (χ1v) is 8.31. The summed E-state index contributed by atoms with van der Waals surface area (Å²) in [6.45, 7) is -0.0975. The number of sulfonamides is 1. The molecule has 1 aliphatic heterocycles. The third kappa shape index (κ3) is 2.93. The van der Waals surface area contributed by atoms with Gasteiger partial charge in [0.15, 0.2) is 0 Å². The number of esters is 1. The molecule has 1 heterocycles. The van der Waals surface area contributed by atoms with Gasteiger partial charge in [0.05, 0.1) is 10.5 Å². The number of benzene rings is 2. The maximum atomic E-state index is 14.0. The van der Waals surface area contributed by atoms with Crippen molar-refractivity contribution in [2.75, 3.05) is 6.61 Å². The van der Waals surface area contributed by atoms with Crippen molar-refractivity contribution < 1.29 is 26.7 Å². The molecule has 0 spiro atoms. The van der Waals surface area contributed by atoms with Crippen molar-refractivity contribution in [2.45, 2.75) is 4.90 Å². The molecule has 0 aliphatic carbocycles. The number of nitrogens with two attached hydrogens (primary N) is 1. The number of carbonyl (C=O) groups is 1. The Bertz CT molecular complexity index is 966. The summed E-state index contributed by atoms with van der Waals surface area (Å²) < 4.78 is 54.6. The molecule has 0 aromatic heterocycles. The van der Waals surface area contributed by atoms with E-state index in [0.717, 1.165) is 12.1 Å². The predicted octanol–water partition coefficient (Wildman–Crippen LogP) is 2.08. The molecule has 2 aromatic carbocycles. The largest absolute Gasteiger partial charge is 0.457 e. The van der Waals surface area contributed by atoms with E-state index in [1.807, 2.05) is 0 Å². The van der Waals surface area contributed by atoms with E-state index in [1.165, 1.54) is 24.3 Å². The number of primary sulfonamides is 1. The van der Waals surface area contributed by atoms with Crippen LogP contribution in [0.3, 0.4) is 0 Å². The van der Waals surface area contributed by atoms with Crippen LogP contribution in [0.2, 0.25) is 0 Å². The van der Waals surface area contributed by atoms with Crippen molar-refractivity contribution >= 4 is 27.1 Å². The lowest BCUT2D eigenvalue weighted by atomic mass is 9.96. The third-order valence-electron chi connectivity index (χ3n) is 3.59. The van der Waals surface area contributed by atoms with E-state index in [1.54, 1.807) is 0 Å². The molecule has 3 rings (SSSR count). The van der Waals surface area contributed by atoms with E-state index >= 15 is 0 Å².